The summed E-state index contributed by atoms with van der Waals surface area (Å²) in [6.45, 7) is 6.21. The fraction of sp³-hybridized carbons (Fsp3) is 0.267. The number of rotatable bonds is 7. The molecule has 226 valence electrons. The lowest BCUT2D eigenvalue weighted by Gasteiger charge is -2.11. The Bertz CT molecular complexity index is 1870. The first-order valence-corrected chi connectivity index (χ1v) is 13.4. The zero-order chi connectivity index (χ0) is 31.3. The Hall–Kier alpha value is -5.29. The molecule has 44 heavy (non-hydrogen) atoms. The predicted molar refractivity (Wildman–Crippen MR) is 150 cm³/mol. The SMILES string of the molecule is CC1(C)CCOC1.N#Cc1ccc(COc2cccc(-c3cc(F)c(Cc4nc(-c5n[nH]c(=O)o5)n[nH]4)cc3F)n2)c(F)c1. The summed E-state index contributed by atoms with van der Waals surface area (Å²) in [6.07, 6.45) is 1.10. The van der Waals surface area contributed by atoms with E-state index in [0.29, 0.717) is 5.41 Å². The van der Waals surface area contributed by atoms with Gasteiger partial charge in [-0.15, -0.1) is 10.2 Å². The lowest BCUT2D eigenvalue weighted by atomic mass is 9.94. The van der Waals surface area contributed by atoms with Crippen molar-refractivity contribution in [3.05, 3.63) is 99.0 Å². The first-order valence-electron chi connectivity index (χ1n) is 13.4. The van der Waals surface area contributed by atoms with Crippen molar-refractivity contribution in [3.8, 4) is 34.9 Å². The van der Waals surface area contributed by atoms with Gasteiger partial charge in [0.15, 0.2) is 0 Å². The molecule has 2 aromatic carbocycles. The van der Waals surface area contributed by atoms with Crippen LogP contribution in [0, 0.1) is 34.2 Å². The smallest absolute Gasteiger partial charge is 0.434 e. The van der Waals surface area contributed by atoms with E-state index >= 15 is 0 Å². The second-order valence-electron chi connectivity index (χ2n) is 10.7. The predicted octanol–water partition coefficient (Wildman–Crippen LogP) is 5.10. The van der Waals surface area contributed by atoms with Crippen LogP contribution in [0.2, 0.25) is 0 Å². The summed E-state index contributed by atoms with van der Waals surface area (Å²) in [5.74, 6) is -2.75. The summed E-state index contributed by atoms with van der Waals surface area (Å²) in [4.78, 5) is 19.3. The van der Waals surface area contributed by atoms with Crippen LogP contribution in [0.3, 0.4) is 0 Å². The molecule has 1 fully saturated rings. The van der Waals surface area contributed by atoms with Crippen LogP contribution in [0.1, 0.15) is 42.8 Å². The molecule has 1 aliphatic heterocycles. The Labute approximate surface area is 248 Å². The number of nitrogens with one attached hydrogen (secondary N) is 2. The molecule has 1 saturated heterocycles. The number of halogens is 3. The molecule has 0 radical (unpaired) electrons. The van der Waals surface area contributed by atoms with Crippen molar-refractivity contribution in [2.45, 2.75) is 33.3 Å². The van der Waals surface area contributed by atoms with E-state index in [4.69, 9.17) is 19.2 Å². The van der Waals surface area contributed by atoms with Gasteiger partial charge in [0.05, 0.1) is 23.9 Å². The zero-order valence-corrected chi connectivity index (χ0v) is 23.7. The highest BCUT2D eigenvalue weighted by atomic mass is 19.1. The van der Waals surface area contributed by atoms with Crippen LogP contribution in [-0.4, -0.2) is 43.6 Å². The molecule has 0 amide bonds. The Balaban J connectivity index is 0.000000484. The highest BCUT2D eigenvalue weighted by molar-refractivity contribution is 5.61. The normalized spacial score (nSPS) is 13.6. The van der Waals surface area contributed by atoms with Gasteiger partial charge in [0.2, 0.25) is 11.7 Å². The number of pyridine rings is 1. The maximum absolute atomic E-state index is 15.0. The van der Waals surface area contributed by atoms with E-state index in [0.717, 1.165) is 31.4 Å². The van der Waals surface area contributed by atoms with Crippen LogP contribution < -0.4 is 10.5 Å². The minimum absolute atomic E-state index is 0.00359. The second kappa shape index (κ2) is 12.9. The van der Waals surface area contributed by atoms with Gasteiger partial charge in [-0.1, -0.05) is 26.0 Å². The molecule has 5 aromatic rings. The molecule has 6 rings (SSSR count). The highest BCUT2D eigenvalue weighted by Gasteiger charge is 2.23. The van der Waals surface area contributed by atoms with Gasteiger partial charge in [-0.3, -0.25) is 5.10 Å². The van der Waals surface area contributed by atoms with Crippen LogP contribution in [0.15, 0.2) is 57.7 Å². The van der Waals surface area contributed by atoms with E-state index in [2.05, 4.69) is 44.2 Å². The first kappa shape index (κ1) is 30.2. The number of nitriles is 1. The van der Waals surface area contributed by atoms with Gasteiger partial charge in [-0.25, -0.2) is 33.0 Å². The monoisotopic (exact) mass is 605 g/mol. The van der Waals surface area contributed by atoms with E-state index in [1.165, 1.54) is 30.7 Å². The number of hydrogen-bond donors (Lipinski definition) is 2. The summed E-state index contributed by atoms with van der Waals surface area (Å²) >= 11 is 0. The Kier molecular flexibility index (Phi) is 8.86. The number of aromatic amines is 2. The van der Waals surface area contributed by atoms with Gasteiger partial charge in [-0.05, 0) is 47.7 Å². The molecule has 14 heteroatoms. The molecule has 1 aliphatic rings. The lowest BCUT2D eigenvalue weighted by Crippen LogP contribution is -2.08. The van der Waals surface area contributed by atoms with Gasteiger partial charge in [0.1, 0.15) is 29.9 Å². The summed E-state index contributed by atoms with van der Waals surface area (Å²) in [6, 6.07) is 12.4. The summed E-state index contributed by atoms with van der Waals surface area (Å²) in [5.41, 5.74) is 0.857. The average Bonchev–Trinajstić information content (AvgIpc) is 3.75. The van der Waals surface area contributed by atoms with Crippen molar-refractivity contribution in [2.24, 2.45) is 5.41 Å². The number of benzene rings is 2. The van der Waals surface area contributed by atoms with Gasteiger partial charge in [0.25, 0.3) is 5.89 Å². The van der Waals surface area contributed by atoms with Crippen molar-refractivity contribution in [2.75, 3.05) is 13.2 Å². The van der Waals surface area contributed by atoms with E-state index in [1.807, 2.05) is 6.07 Å². The third-order valence-corrected chi connectivity index (χ3v) is 6.63. The molecule has 4 heterocycles. The minimum Gasteiger partial charge on any atom is -0.473 e. The Morgan fingerprint density at radius 2 is 1.82 bits per heavy atom. The van der Waals surface area contributed by atoms with Gasteiger partial charge in [-0.2, -0.15) is 5.26 Å². The standard InChI is InChI=1S/C24H14F3N7O3.C6H12O/c25-16-6-12(10-28)4-5-13(16)11-36-21-3-1-2-19(29-21)15-9-17(26)14(7-18(15)27)8-20-30-22(32-31-20)23-33-34-24(35)37-23;1-6(2)3-4-7-5-6/h1-7,9H,8,11H2,(H,34,35)(H,30,31,32);3-5H2,1-2H3. The van der Waals surface area contributed by atoms with Crippen molar-refractivity contribution in [1.82, 2.24) is 30.4 Å². The van der Waals surface area contributed by atoms with Crippen LogP contribution >= 0.6 is 0 Å². The van der Waals surface area contributed by atoms with Crippen molar-refractivity contribution in [3.63, 3.8) is 0 Å². The van der Waals surface area contributed by atoms with Crippen molar-refractivity contribution < 1.29 is 27.1 Å². The molecule has 0 atom stereocenters. The molecule has 2 N–H and O–H groups in total. The molecule has 0 unspecified atom stereocenters. The van der Waals surface area contributed by atoms with E-state index in [9.17, 15) is 18.0 Å². The van der Waals surface area contributed by atoms with Gasteiger partial charge < -0.3 is 13.9 Å². The Morgan fingerprint density at radius 3 is 2.48 bits per heavy atom. The first-order chi connectivity index (χ1) is 21.1. The molecular weight excluding hydrogens is 579 g/mol. The van der Waals surface area contributed by atoms with E-state index < -0.39 is 23.2 Å². The van der Waals surface area contributed by atoms with Crippen molar-refractivity contribution in [1.29, 1.82) is 5.26 Å². The van der Waals surface area contributed by atoms with Crippen molar-refractivity contribution >= 4 is 0 Å². The summed E-state index contributed by atoms with van der Waals surface area (Å²) in [5, 5.41) is 20.9. The number of nitrogens with zero attached hydrogens (tertiary/aromatic N) is 5. The number of H-pyrrole nitrogens is 2. The molecule has 0 bridgehead atoms. The molecule has 0 aliphatic carbocycles. The summed E-state index contributed by atoms with van der Waals surface area (Å²) < 4.78 is 59.4. The molecule has 0 saturated carbocycles. The second-order valence-corrected chi connectivity index (χ2v) is 10.7. The van der Waals surface area contributed by atoms with E-state index in [1.54, 1.807) is 6.07 Å². The van der Waals surface area contributed by atoms with Crippen LogP contribution in [-0.2, 0) is 17.8 Å². The summed E-state index contributed by atoms with van der Waals surface area (Å²) in [7, 11) is 0. The molecular formula is C30H26F3N7O4. The number of ether oxygens (including phenoxy) is 2. The maximum atomic E-state index is 15.0. The largest absolute Gasteiger partial charge is 0.473 e. The fourth-order valence-corrected chi connectivity index (χ4v) is 4.20. The molecule has 0 spiro atoms. The lowest BCUT2D eigenvalue weighted by molar-refractivity contribution is 0.167. The van der Waals surface area contributed by atoms with E-state index in [-0.39, 0.29) is 64.4 Å². The van der Waals surface area contributed by atoms with Crippen LogP contribution in [0.25, 0.3) is 23.0 Å². The third kappa shape index (κ3) is 7.37. The maximum Gasteiger partial charge on any atom is 0.434 e. The Morgan fingerprint density at radius 1 is 1.00 bits per heavy atom. The van der Waals surface area contributed by atoms with Gasteiger partial charge in [0, 0.05) is 30.2 Å². The molecule has 11 nitrogen and oxygen atoms in total. The van der Waals surface area contributed by atoms with Crippen LogP contribution in [0.5, 0.6) is 5.88 Å². The highest BCUT2D eigenvalue weighted by Crippen LogP contribution is 2.28. The number of aromatic nitrogens is 6. The quantitative estimate of drug-likeness (QED) is 0.258. The average molecular weight is 606 g/mol. The fourth-order valence-electron chi connectivity index (χ4n) is 4.20. The van der Waals surface area contributed by atoms with Crippen LogP contribution in [0.4, 0.5) is 13.2 Å². The number of hydrogen-bond acceptors (Lipinski definition) is 9. The van der Waals surface area contributed by atoms with Gasteiger partial charge >= 0.3 is 5.76 Å². The molecule has 3 aromatic heterocycles. The zero-order valence-electron chi connectivity index (χ0n) is 23.7. The topological polar surface area (TPSA) is 156 Å². The minimum atomic E-state index is -0.783. The third-order valence-electron chi connectivity index (χ3n) is 6.63.